The highest BCUT2D eigenvalue weighted by molar-refractivity contribution is 6.34. The van der Waals surface area contributed by atoms with Crippen LogP contribution in [0.1, 0.15) is 27.6 Å². The van der Waals surface area contributed by atoms with E-state index in [1.54, 1.807) is 41.8 Å². The first-order valence-electron chi connectivity index (χ1n) is 9.68. The second-order valence-electron chi connectivity index (χ2n) is 6.66. The summed E-state index contributed by atoms with van der Waals surface area (Å²) in [5, 5.41) is 3.11. The largest absolute Gasteiger partial charge is 0.462 e. The van der Waals surface area contributed by atoms with Crippen LogP contribution in [0, 0.1) is 0 Å². The molecule has 31 heavy (non-hydrogen) atoms. The molecule has 8 heteroatoms. The van der Waals surface area contributed by atoms with Gasteiger partial charge in [0.1, 0.15) is 16.9 Å². The Morgan fingerprint density at radius 3 is 2.48 bits per heavy atom. The molecule has 0 unspecified atom stereocenters. The molecule has 0 bridgehead atoms. The summed E-state index contributed by atoms with van der Waals surface area (Å²) in [5.74, 6) is -0.836. The van der Waals surface area contributed by atoms with Crippen molar-refractivity contribution in [2.75, 3.05) is 11.9 Å². The molecule has 156 valence electrons. The number of allylic oxidation sites excluding steroid dienone is 1. The third kappa shape index (κ3) is 3.75. The van der Waals surface area contributed by atoms with E-state index in [0.29, 0.717) is 33.8 Å². The summed E-state index contributed by atoms with van der Waals surface area (Å²) in [4.78, 5) is 35.3. The third-order valence-corrected chi connectivity index (χ3v) is 5.02. The number of hydrogen-bond donors (Lipinski definition) is 1. The van der Waals surface area contributed by atoms with Crippen molar-refractivity contribution in [3.05, 3.63) is 77.3 Å². The first-order valence-corrected chi connectivity index (χ1v) is 10.1. The van der Waals surface area contributed by atoms with Gasteiger partial charge in [-0.25, -0.2) is 14.8 Å². The molecule has 0 atom stereocenters. The van der Waals surface area contributed by atoms with Gasteiger partial charge in [-0.15, -0.1) is 6.58 Å². The maximum absolute atomic E-state index is 13.0. The number of carbonyl (C=O) groups is 2. The highest BCUT2D eigenvalue weighted by atomic mass is 35.5. The van der Waals surface area contributed by atoms with Crippen LogP contribution in [0.25, 0.3) is 22.2 Å². The molecule has 2 heterocycles. The third-order valence-electron chi connectivity index (χ3n) is 4.69. The molecule has 2 aromatic carbocycles. The Morgan fingerprint density at radius 2 is 1.81 bits per heavy atom. The minimum atomic E-state index is -0.602. The fourth-order valence-corrected chi connectivity index (χ4v) is 3.57. The van der Waals surface area contributed by atoms with Crippen molar-refractivity contribution in [2.45, 2.75) is 13.5 Å². The number of hydrogen-bond acceptors (Lipinski definition) is 5. The van der Waals surface area contributed by atoms with E-state index in [0.717, 1.165) is 0 Å². The number of esters is 1. The Kier molecular flexibility index (Phi) is 5.68. The van der Waals surface area contributed by atoms with Gasteiger partial charge in [0.25, 0.3) is 5.91 Å². The Hall–Kier alpha value is -3.71. The molecule has 0 aliphatic rings. The zero-order valence-electron chi connectivity index (χ0n) is 16.8. The van der Waals surface area contributed by atoms with Crippen molar-refractivity contribution in [3.8, 4) is 0 Å². The van der Waals surface area contributed by atoms with Crippen LogP contribution in [0.3, 0.4) is 0 Å². The quantitative estimate of drug-likeness (QED) is 0.346. The molecule has 7 nitrogen and oxygen atoms in total. The molecule has 1 amide bonds. The molecular formula is C23H19ClN4O3. The standard InChI is InChI=1S/C23H19ClN4O3/c1-3-13-28-20(27-22(29)14-9-5-6-10-15(14)24)18(23(30)31-4-2)19-21(28)26-17-12-8-7-11-16(17)25-19/h3,5-12H,1,4,13H2,2H3,(H,27,29). The first kappa shape index (κ1) is 20.6. The maximum Gasteiger partial charge on any atom is 0.344 e. The van der Waals surface area contributed by atoms with Gasteiger partial charge in [-0.3, -0.25) is 4.79 Å². The molecule has 4 rings (SSSR count). The van der Waals surface area contributed by atoms with Crippen LogP contribution in [-0.2, 0) is 11.3 Å². The van der Waals surface area contributed by atoms with Crippen LogP contribution < -0.4 is 5.32 Å². The van der Waals surface area contributed by atoms with Crippen LogP contribution >= 0.6 is 11.6 Å². The smallest absolute Gasteiger partial charge is 0.344 e. The molecule has 0 spiro atoms. The molecular weight excluding hydrogens is 416 g/mol. The zero-order chi connectivity index (χ0) is 22.0. The number of amides is 1. The van der Waals surface area contributed by atoms with Gasteiger partial charge in [0, 0.05) is 6.54 Å². The fraction of sp³-hybridized carbons (Fsp3) is 0.130. The Labute approximate surface area is 183 Å². The molecule has 0 aliphatic heterocycles. The second-order valence-corrected chi connectivity index (χ2v) is 7.07. The summed E-state index contributed by atoms with van der Waals surface area (Å²) < 4.78 is 6.95. The molecule has 2 aromatic heterocycles. The zero-order valence-corrected chi connectivity index (χ0v) is 17.5. The summed E-state index contributed by atoms with van der Waals surface area (Å²) in [6, 6.07) is 14.0. The SMILES string of the molecule is C=CCn1c(NC(=O)c2ccccc2Cl)c(C(=O)OCC)c2nc3ccccc3nc21. The number of benzene rings is 2. The monoisotopic (exact) mass is 434 g/mol. The van der Waals surface area contributed by atoms with Crippen molar-refractivity contribution < 1.29 is 14.3 Å². The van der Waals surface area contributed by atoms with Crippen molar-refractivity contribution in [1.82, 2.24) is 14.5 Å². The summed E-state index contributed by atoms with van der Waals surface area (Å²) in [5.41, 5.74) is 2.49. The van der Waals surface area contributed by atoms with Crippen LogP contribution in [0.4, 0.5) is 5.82 Å². The highest BCUT2D eigenvalue weighted by Gasteiger charge is 2.28. The van der Waals surface area contributed by atoms with E-state index in [1.165, 1.54) is 0 Å². The molecule has 0 radical (unpaired) electrons. The number of aromatic nitrogens is 3. The van der Waals surface area contributed by atoms with Gasteiger partial charge in [0.15, 0.2) is 5.65 Å². The van der Waals surface area contributed by atoms with Gasteiger partial charge in [-0.2, -0.15) is 0 Å². The van der Waals surface area contributed by atoms with Crippen molar-refractivity contribution in [3.63, 3.8) is 0 Å². The lowest BCUT2D eigenvalue weighted by Gasteiger charge is -2.12. The van der Waals surface area contributed by atoms with Gasteiger partial charge in [0.2, 0.25) is 0 Å². The van der Waals surface area contributed by atoms with Crippen LogP contribution in [0.2, 0.25) is 5.02 Å². The van der Waals surface area contributed by atoms with Crippen molar-refractivity contribution >= 4 is 51.5 Å². The average molecular weight is 435 g/mol. The van der Waals surface area contributed by atoms with E-state index in [-0.39, 0.29) is 23.6 Å². The average Bonchev–Trinajstić information content (AvgIpc) is 3.05. The predicted octanol–water partition coefficient (Wildman–Crippen LogP) is 4.85. The number of halogens is 1. The molecule has 0 saturated carbocycles. The van der Waals surface area contributed by atoms with E-state index in [2.05, 4.69) is 21.9 Å². The minimum Gasteiger partial charge on any atom is -0.462 e. The topological polar surface area (TPSA) is 86.1 Å². The second kappa shape index (κ2) is 8.57. The van der Waals surface area contributed by atoms with Gasteiger partial charge in [-0.05, 0) is 31.2 Å². The lowest BCUT2D eigenvalue weighted by atomic mass is 10.2. The summed E-state index contributed by atoms with van der Waals surface area (Å²) >= 11 is 6.19. The molecule has 1 N–H and O–H groups in total. The fourth-order valence-electron chi connectivity index (χ4n) is 3.35. The number of anilines is 1. The lowest BCUT2D eigenvalue weighted by molar-refractivity contribution is 0.0529. The summed E-state index contributed by atoms with van der Waals surface area (Å²) in [7, 11) is 0. The number of ether oxygens (including phenoxy) is 1. The normalized spacial score (nSPS) is 10.9. The van der Waals surface area contributed by atoms with E-state index < -0.39 is 11.9 Å². The van der Waals surface area contributed by atoms with Gasteiger partial charge < -0.3 is 14.6 Å². The van der Waals surface area contributed by atoms with Crippen molar-refractivity contribution in [2.24, 2.45) is 0 Å². The predicted molar refractivity (Wildman–Crippen MR) is 121 cm³/mol. The van der Waals surface area contributed by atoms with E-state index in [1.807, 2.05) is 24.3 Å². The summed E-state index contributed by atoms with van der Waals surface area (Å²) in [6.45, 7) is 5.97. The van der Waals surface area contributed by atoms with Crippen molar-refractivity contribution in [1.29, 1.82) is 0 Å². The van der Waals surface area contributed by atoms with Gasteiger partial charge in [0.05, 0.1) is 28.2 Å². The lowest BCUT2D eigenvalue weighted by Crippen LogP contribution is -2.18. The molecule has 0 saturated heterocycles. The minimum absolute atomic E-state index is 0.136. The van der Waals surface area contributed by atoms with Gasteiger partial charge in [-0.1, -0.05) is 41.9 Å². The summed E-state index contributed by atoms with van der Waals surface area (Å²) in [6.07, 6.45) is 1.65. The van der Waals surface area contributed by atoms with Gasteiger partial charge >= 0.3 is 5.97 Å². The number of fused-ring (bicyclic) bond motifs is 2. The Balaban J connectivity index is 1.97. The van der Waals surface area contributed by atoms with Crippen LogP contribution in [0.15, 0.2) is 61.2 Å². The van der Waals surface area contributed by atoms with Crippen LogP contribution in [-0.4, -0.2) is 33.0 Å². The Morgan fingerprint density at radius 1 is 1.13 bits per heavy atom. The molecule has 4 aromatic rings. The molecule has 0 aliphatic carbocycles. The Bertz CT molecular complexity index is 1330. The van der Waals surface area contributed by atoms with E-state index in [4.69, 9.17) is 16.3 Å². The number of rotatable bonds is 6. The number of carbonyl (C=O) groups excluding carboxylic acids is 2. The number of para-hydroxylation sites is 2. The molecule has 0 fully saturated rings. The highest BCUT2D eigenvalue weighted by Crippen LogP contribution is 2.31. The maximum atomic E-state index is 13.0. The first-order chi connectivity index (χ1) is 15.0. The number of nitrogens with one attached hydrogen (secondary N) is 1. The number of nitrogens with zero attached hydrogens (tertiary/aromatic N) is 3. The van der Waals surface area contributed by atoms with Crippen LogP contribution in [0.5, 0.6) is 0 Å². The van der Waals surface area contributed by atoms with E-state index in [9.17, 15) is 9.59 Å². The van der Waals surface area contributed by atoms with E-state index >= 15 is 0 Å².